The highest BCUT2D eigenvalue weighted by molar-refractivity contribution is 5.53. The van der Waals surface area contributed by atoms with Crippen LogP contribution in [0.2, 0.25) is 0 Å². The third-order valence-electron chi connectivity index (χ3n) is 8.47. The van der Waals surface area contributed by atoms with E-state index in [-0.39, 0.29) is 23.7 Å². The molecule has 1 aliphatic carbocycles. The minimum atomic E-state index is 0.229. The van der Waals surface area contributed by atoms with Crippen LogP contribution in [0, 0.1) is 0 Å². The summed E-state index contributed by atoms with van der Waals surface area (Å²) >= 11 is 0. The lowest BCUT2D eigenvalue weighted by Gasteiger charge is -2.53. The van der Waals surface area contributed by atoms with E-state index in [1.165, 1.54) is 22.3 Å². The number of rotatable bonds is 10. The molecule has 1 aliphatic rings. The van der Waals surface area contributed by atoms with E-state index < -0.39 is 0 Å². The smallest absolute Gasteiger partial charge is 0.169 e. The van der Waals surface area contributed by atoms with Gasteiger partial charge in [0.05, 0.1) is 28.4 Å². The van der Waals surface area contributed by atoms with Crippen molar-refractivity contribution < 1.29 is 28.1 Å². The Kier molecular flexibility index (Phi) is 8.24. The van der Waals surface area contributed by atoms with E-state index in [0.29, 0.717) is 0 Å². The van der Waals surface area contributed by atoms with Gasteiger partial charge in [-0.1, -0.05) is 12.1 Å². The second kappa shape index (κ2) is 12.0. The van der Waals surface area contributed by atoms with Crippen molar-refractivity contribution in [2.75, 3.05) is 28.4 Å². The van der Waals surface area contributed by atoms with Crippen LogP contribution in [-0.2, 0) is 13.1 Å². The van der Waals surface area contributed by atoms with E-state index in [1.54, 1.807) is 28.4 Å². The van der Waals surface area contributed by atoms with Gasteiger partial charge < -0.3 is 18.9 Å². The first kappa shape index (κ1) is 27.5. The summed E-state index contributed by atoms with van der Waals surface area (Å²) in [5.41, 5.74) is 5.12. The van der Waals surface area contributed by atoms with Gasteiger partial charge in [-0.3, -0.25) is 0 Å². The number of aryl methyl sites for hydroxylation is 2. The molecule has 2 aromatic carbocycles. The highest BCUT2D eigenvalue weighted by Crippen LogP contribution is 2.67. The molecule has 0 atom stereocenters. The number of hydrogen-bond donors (Lipinski definition) is 0. The number of pyridine rings is 2. The fourth-order valence-corrected chi connectivity index (χ4v) is 6.33. The van der Waals surface area contributed by atoms with E-state index in [1.807, 2.05) is 12.1 Å². The van der Waals surface area contributed by atoms with Crippen molar-refractivity contribution >= 4 is 0 Å². The van der Waals surface area contributed by atoms with Gasteiger partial charge in [-0.05, 0) is 84.0 Å². The summed E-state index contributed by atoms with van der Waals surface area (Å²) in [4.78, 5) is 0. The largest absolute Gasteiger partial charge is 0.493 e. The molecule has 0 N–H and O–H groups in total. The van der Waals surface area contributed by atoms with Gasteiger partial charge in [0, 0.05) is 24.3 Å². The predicted octanol–water partition coefficient (Wildman–Crippen LogP) is 5.78. The summed E-state index contributed by atoms with van der Waals surface area (Å²) < 4.78 is 27.1. The van der Waals surface area contributed by atoms with Crippen molar-refractivity contribution in [1.29, 1.82) is 0 Å². The van der Waals surface area contributed by atoms with Crippen molar-refractivity contribution in [3.8, 4) is 23.0 Å². The number of nitrogens with zero attached hydrogens (tertiary/aromatic N) is 2. The summed E-state index contributed by atoms with van der Waals surface area (Å²) in [5.74, 6) is 3.92. The maximum absolute atomic E-state index is 5.74. The van der Waals surface area contributed by atoms with Gasteiger partial charge in [-0.2, -0.15) is 0 Å². The number of aromatic nitrogens is 2. The second-order valence-corrected chi connectivity index (χ2v) is 10.3. The quantitative estimate of drug-likeness (QED) is 0.239. The fourth-order valence-electron chi connectivity index (χ4n) is 6.33. The Morgan fingerprint density at radius 1 is 0.450 bits per heavy atom. The molecule has 6 heteroatoms. The maximum Gasteiger partial charge on any atom is 0.169 e. The maximum atomic E-state index is 5.74. The van der Waals surface area contributed by atoms with Crippen LogP contribution in [0.1, 0.15) is 59.8 Å². The summed E-state index contributed by atoms with van der Waals surface area (Å²) in [6.07, 6.45) is 8.75. The standard InChI is InChI=1S/C34H40N2O4/c1-7-35-17-13-23(14-18-35)31-33(25-9-11-27(37-3)29(21-25)39-5)32(24-15-19-36(8-2)20-16-24)34(31)26-10-12-28(38-4)30(22-26)40-6/h9-22,31-34H,7-8H2,1-6H3/q+2. The van der Waals surface area contributed by atoms with Crippen molar-refractivity contribution in [3.63, 3.8) is 0 Å². The molecule has 0 aliphatic heterocycles. The lowest BCUT2D eigenvalue weighted by molar-refractivity contribution is -0.693. The molecule has 0 bridgehead atoms. The number of benzene rings is 2. The van der Waals surface area contributed by atoms with Gasteiger partial charge in [0.1, 0.15) is 13.1 Å². The van der Waals surface area contributed by atoms with Gasteiger partial charge >= 0.3 is 0 Å². The Morgan fingerprint density at radius 2 is 0.775 bits per heavy atom. The van der Waals surface area contributed by atoms with Gasteiger partial charge in [0.2, 0.25) is 0 Å². The molecule has 40 heavy (non-hydrogen) atoms. The molecule has 5 rings (SSSR count). The van der Waals surface area contributed by atoms with E-state index in [0.717, 1.165) is 36.1 Å². The molecule has 0 unspecified atom stereocenters. The Balaban J connectivity index is 1.70. The monoisotopic (exact) mass is 540 g/mol. The molecule has 1 saturated carbocycles. The summed E-state index contributed by atoms with van der Waals surface area (Å²) in [6.45, 7) is 6.20. The molecule has 4 aromatic rings. The van der Waals surface area contributed by atoms with Crippen molar-refractivity contribution in [1.82, 2.24) is 0 Å². The van der Waals surface area contributed by atoms with Crippen LogP contribution in [-0.4, -0.2) is 28.4 Å². The van der Waals surface area contributed by atoms with E-state index in [4.69, 9.17) is 18.9 Å². The lowest BCUT2D eigenvalue weighted by atomic mass is 9.49. The highest BCUT2D eigenvalue weighted by Gasteiger charge is 2.53. The number of methoxy groups -OCH3 is 4. The Hall–Kier alpha value is -4.06. The van der Waals surface area contributed by atoms with Gasteiger partial charge in [-0.25, -0.2) is 9.13 Å². The normalized spacial score (nSPS) is 19.9. The van der Waals surface area contributed by atoms with E-state index >= 15 is 0 Å². The van der Waals surface area contributed by atoms with Crippen LogP contribution in [0.3, 0.4) is 0 Å². The third-order valence-corrected chi connectivity index (χ3v) is 8.47. The third kappa shape index (κ3) is 4.99. The Labute approximate surface area is 237 Å². The number of hydrogen-bond acceptors (Lipinski definition) is 4. The van der Waals surface area contributed by atoms with Crippen LogP contribution < -0.4 is 28.1 Å². The number of ether oxygens (including phenoxy) is 4. The minimum absolute atomic E-state index is 0.229. The molecule has 2 heterocycles. The van der Waals surface area contributed by atoms with Gasteiger partial charge in [0.25, 0.3) is 0 Å². The van der Waals surface area contributed by atoms with Crippen LogP contribution in [0.25, 0.3) is 0 Å². The Bertz CT molecular complexity index is 1320. The predicted molar refractivity (Wildman–Crippen MR) is 155 cm³/mol. The zero-order valence-corrected chi connectivity index (χ0v) is 24.3. The topological polar surface area (TPSA) is 44.7 Å². The average molecular weight is 541 g/mol. The van der Waals surface area contributed by atoms with Crippen LogP contribution >= 0.6 is 0 Å². The molecule has 0 amide bonds. The molecular weight excluding hydrogens is 500 g/mol. The van der Waals surface area contributed by atoms with Crippen LogP contribution in [0.4, 0.5) is 0 Å². The molecule has 208 valence electrons. The Morgan fingerprint density at radius 3 is 1.07 bits per heavy atom. The van der Waals surface area contributed by atoms with Crippen LogP contribution in [0.5, 0.6) is 23.0 Å². The molecule has 1 fully saturated rings. The first-order chi connectivity index (χ1) is 19.6. The highest BCUT2D eigenvalue weighted by atomic mass is 16.5. The summed E-state index contributed by atoms with van der Waals surface area (Å²) in [6, 6.07) is 21.9. The molecule has 6 nitrogen and oxygen atoms in total. The van der Waals surface area contributed by atoms with Gasteiger partial charge in [0.15, 0.2) is 47.8 Å². The summed E-state index contributed by atoms with van der Waals surface area (Å²) in [5, 5.41) is 0. The van der Waals surface area contributed by atoms with Crippen molar-refractivity contribution in [3.05, 3.63) is 108 Å². The van der Waals surface area contributed by atoms with Crippen LogP contribution in [0.15, 0.2) is 85.5 Å². The zero-order valence-electron chi connectivity index (χ0n) is 24.3. The molecule has 0 spiro atoms. The lowest BCUT2D eigenvalue weighted by Crippen LogP contribution is -2.41. The fraction of sp³-hybridized carbons (Fsp3) is 0.353. The second-order valence-electron chi connectivity index (χ2n) is 10.3. The van der Waals surface area contributed by atoms with Crippen molar-refractivity contribution in [2.24, 2.45) is 0 Å². The minimum Gasteiger partial charge on any atom is -0.493 e. The molecular formula is C34H40N2O4+2. The summed E-state index contributed by atoms with van der Waals surface area (Å²) in [7, 11) is 6.76. The first-order valence-corrected chi connectivity index (χ1v) is 14.0. The zero-order chi connectivity index (χ0) is 28.2. The van der Waals surface area contributed by atoms with Gasteiger partial charge in [-0.15, -0.1) is 0 Å². The van der Waals surface area contributed by atoms with E-state index in [2.05, 4.69) is 96.3 Å². The molecule has 0 radical (unpaired) electrons. The SMILES string of the molecule is CC[n+]1ccc(C2C(c3ccc(OC)c(OC)c3)C(c3cc[n+](CC)cc3)C2c2ccc(OC)c(OC)c2)cc1. The van der Waals surface area contributed by atoms with E-state index in [9.17, 15) is 0 Å². The first-order valence-electron chi connectivity index (χ1n) is 14.0. The average Bonchev–Trinajstić information content (AvgIpc) is 3.01. The molecule has 0 saturated heterocycles. The van der Waals surface area contributed by atoms with Crippen molar-refractivity contribution in [2.45, 2.75) is 50.6 Å². The molecule has 2 aromatic heterocycles.